The van der Waals surface area contributed by atoms with Crippen LogP contribution < -0.4 is 5.56 Å². The molecule has 0 saturated carbocycles. The number of benzene rings is 2. The number of hydrogen-bond acceptors (Lipinski definition) is 5. The fraction of sp³-hybridized carbons (Fsp3) is 0.111. The lowest BCUT2D eigenvalue weighted by Crippen LogP contribution is -2.26. The Morgan fingerprint density at radius 1 is 1.17 bits per heavy atom. The first-order valence-corrected chi connectivity index (χ1v) is 7.37. The highest BCUT2D eigenvalue weighted by atomic mass is 16.5. The van der Waals surface area contributed by atoms with Gasteiger partial charge in [0.25, 0.3) is 5.56 Å². The minimum absolute atomic E-state index is 0.284. The Labute approximate surface area is 138 Å². The molecule has 0 N–H and O–H groups in total. The standard InChI is InChI=1S/C18H15N3O3/c1-13-6-8-14(9-7-13)10-11-17(22)24-12-21-18(23)15-4-2-3-5-16(15)19-20-21/h2-11H,12H2,1H3. The van der Waals surface area contributed by atoms with Crippen molar-refractivity contribution >= 4 is 22.9 Å². The average molecular weight is 321 g/mol. The second-order valence-electron chi connectivity index (χ2n) is 5.25. The number of esters is 1. The Morgan fingerprint density at radius 3 is 2.71 bits per heavy atom. The second kappa shape index (κ2) is 6.87. The molecule has 120 valence electrons. The number of hydrogen-bond donors (Lipinski definition) is 0. The van der Waals surface area contributed by atoms with E-state index in [9.17, 15) is 9.59 Å². The maximum atomic E-state index is 12.2. The van der Waals surface area contributed by atoms with Gasteiger partial charge in [0.15, 0.2) is 6.73 Å². The van der Waals surface area contributed by atoms with E-state index in [4.69, 9.17) is 4.74 Å². The molecule has 0 fully saturated rings. The van der Waals surface area contributed by atoms with Crippen LogP contribution in [-0.2, 0) is 16.3 Å². The van der Waals surface area contributed by atoms with Crippen LogP contribution in [0.2, 0.25) is 0 Å². The first kappa shape index (κ1) is 15.6. The largest absolute Gasteiger partial charge is 0.439 e. The number of carbonyl (C=O) groups excluding carboxylic acids is 1. The van der Waals surface area contributed by atoms with Crippen LogP contribution in [0.1, 0.15) is 11.1 Å². The summed E-state index contributed by atoms with van der Waals surface area (Å²) in [5.74, 6) is -0.558. The molecule has 0 radical (unpaired) electrons. The molecule has 0 bridgehead atoms. The van der Waals surface area contributed by atoms with E-state index in [1.807, 2.05) is 31.2 Å². The molecule has 0 spiro atoms. The summed E-state index contributed by atoms with van der Waals surface area (Å²) in [6, 6.07) is 14.6. The van der Waals surface area contributed by atoms with Crippen LogP contribution in [0.3, 0.4) is 0 Å². The Kier molecular flexibility index (Phi) is 4.47. The molecule has 2 aromatic carbocycles. The van der Waals surface area contributed by atoms with Crippen LogP contribution in [0.5, 0.6) is 0 Å². The normalized spacial score (nSPS) is 11.0. The number of carbonyl (C=O) groups is 1. The lowest BCUT2D eigenvalue weighted by Gasteiger charge is -2.04. The summed E-state index contributed by atoms with van der Waals surface area (Å²) < 4.78 is 6.05. The van der Waals surface area contributed by atoms with Gasteiger partial charge in [0, 0.05) is 6.08 Å². The summed E-state index contributed by atoms with van der Waals surface area (Å²) in [5.41, 5.74) is 2.18. The molecule has 0 atom stereocenters. The van der Waals surface area contributed by atoms with Gasteiger partial charge in [-0.05, 0) is 30.7 Å². The number of aryl methyl sites for hydroxylation is 1. The molecular formula is C18H15N3O3. The van der Waals surface area contributed by atoms with E-state index < -0.39 is 5.97 Å². The van der Waals surface area contributed by atoms with Crippen molar-refractivity contribution in [2.24, 2.45) is 0 Å². The lowest BCUT2D eigenvalue weighted by atomic mass is 10.1. The summed E-state index contributed by atoms with van der Waals surface area (Å²) in [4.78, 5) is 24.0. The van der Waals surface area contributed by atoms with Gasteiger partial charge in [0.1, 0.15) is 5.52 Å². The van der Waals surface area contributed by atoms with E-state index >= 15 is 0 Å². The lowest BCUT2D eigenvalue weighted by molar-refractivity contribution is -0.141. The van der Waals surface area contributed by atoms with Crippen molar-refractivity contribution in [1.29, 1.82) is 0 Å². The highest BCUT2D eigenvalue weighted by Gasteiger charge is 2.06. The monoisotopic (exact) mass is 321 g/mol. The van der Waals surface area contributed by atoms with Crippen LogP contribution >= 0.6 is 0 Å². The maximum Gasteiger partial charge on any atom is 0.332 e. The molecular weight excluding hydrogens is 306 g/mol. The zero-order valence-corrected chi connectivity index (χ0v) is 13.0. The molecule has 6 heteroatoms. The number of ether oxygens (including phenoxy) is 1. The number of nitrogens with zero attached hydrogens (tertiary/aromatic N) is 3. The first-order chi connectivity index (χ1) is 11.6. The molecule has 0 amide bonds. The fourth-order valence-electron chi connectivity index (χ4n) is 2.12. The average Bonchev–Trinajstić information content (AvgIpc) is 2.61. The molecule has 3 rings (SSSR count). The van der Waals surface area contributed by atoms with Gasteiger partial charge < -0.3 is 4.74 Å². The molecule has 0 saturated heterocycles. The van der Waals surface area contributed by atoms with Crippen LogP contribution in [0.25, 0.3) is 17.0 Å². The van der Waals surface area contributed by atoms with Crippen molar-refractivity contribution in [3.8, 4) is 0 Å². The van der Waals surface area contributed by atoms with E-state index in [2.05, 4.69) is 10.3 Å². The van der Waals surface area contributed by atoms with Crippen LogP contribution in [-0.4, -0.2) is 21.0 Å². The fourth-order valence-corrected chi connectivity index (χ4v) is 2.12. The van der Waals surface area contributed by atoms with Crippen molar-refractivity contribution < 1.29 is 9.53 Å². The molecule has 1 heterocycles. The Bertz CT molecular complexity index is 959. The smallest absolute Gasteiger partial charge is 0.332 e. The third kappa shape index (κ3) is 3.55. The summed E-state index contributed by atoms with van der Waals surface area (Å²) in [6.07, 6.45) is 2.96. The van der Waals surface area contributed by atoms with Crippen LogP contribution in [0.15, 0.2) is 59.4 Å². The van der Waals surface area contributed by atoms with Crippen molar-refractivity contribution in [1.82, 2.24) is 15.0 Å². The molecule has 1 aromatic heterocycles. The third-order valence-electron chi connectivity index (χ3n) is 3.45. The second-order valence-corrected chi connectivity index (χ2v) is 5.25. The van der Waals surface area contributed by atoms with Gasteiger partial charge in [-0.15, -0.1) is 5.10 Å². The quantitative estimate of drug-likeness (QED) is 0.544. The number of rotatable bonds is 4. The van der Waals surface area contributed by atoms with Gasteiger partial charge in [0.05, 0.1) is 5.39 Å². The van der Waals surface area contributed by atoms with E-state index in [0.717, 1.165) is 15.8 Å². The first-order valence-electron chi connectivity index (χ1n) is 7.37. The van der Waals surface area contributed by atoms with Gasteiger partial charge in [-0.3, -0.25) is 4.79 Å². The van der Waals surface area contributed by atoms with E-state index in [0.29, 0.717) is 10.9 Å². The van der Waals surface area contributed by atoms with Crippen molar-refractivity contribution in [3.05, 3.63) is 76.1 Å². The molecule has 24 heavy (non-hydrogen) atoms. The Balaban J connectivity index is 1.67. The van der Waals surface area contributed by atoms with E-state index in [1.54, 1.807) is 30.3 Å². The predicted molar refractivity (Wildman–Crippen MR) is 90.1 cm³/mol. The van der Waals surface area contributed by atoms with Gasteiger partial charge in [-0.2, -0.15) is 4.68 Å². The zero-order chi connectivity index (χ0) is 16.9. The van der Waals surface area contributed by atoms with Crippen LogP contribution in [0.4, 0.5) is 0 Å². The van der Waals surface area contributed by atoms with Gasteiger partial charge in [0.2, 0.25) is 0 Å². The minimum atomic E-state index is -0.558. The predicted octanol–water partition coefficient (Wildman–Crippen LogP) is 2.31. The van der Waals surface area contributed by atoms with E-state index in [1.165, 1.54) is 6.08 Å². The molecule has 0 aliphatic carbocycles. The molecule has 0 aliphatic heterocycles. The van der Waals surface area contributed by atoms with Gasteiger partial charge >= 0.3 is 5.97 Å². The van der Waals surface area contributed by atoms with Gasteiger partial charge in [-0.25, -0.2) is 4.79 Å². The SMILES string of the molecule is Cc1ccc(C=CC(=O)OCn2nnc3ccccc3c2=O)cc1. The Hall–Kier alpha value is -3.28. The Morgan fingerprint density at radius 2 is 1.92 bits per heavy atom. The summed E-state index contributed by atoms with van der Waals surface area (Å²) in [6.45, 7) is 1.71. The molecule has 0 unspecified atom stereocenters. The molecule has 6 nitrogen and oxygen atoms in total. The van der Waals surface area contributed by atoms with Crippen molar-refractivity contribution in [3.63, 3.8) is 0 Å². The number of aromatic nitrogens is 3. The van der Waals surface area contributed by atoms with Crippen molar-refractivity contribution in [2.75, 3.05) is 0 Å². The summed E-state index contributed by atoms with van der Waals surface area (Å²) >= 11 is 0. The molecule has 3 aromatic rings. The summed E-state index contributed by atoms with van der Waals surface area (Å²) in [5, 5.41) is 8.11. The molecule has 0 aliphatic rings. The topological polar surface area (TPSA) is 74.1 Å². The van der Waals surface area contributed by atoms with Crippen LogP contribution in [0, 0.1) is 6.92 Å². The minimum Gasteiger partial charge on any atom is -0.439 e. The van der Waals surface area contributed by atoms with Crippen molar-refractivity contribution in [2.45, 2.75) is 13.7 Å². The maximum absolute atomic E-state index is 12.2. The number of fused-ring (bicyclic) bond motifs is 1. The highest BCUT2D eigenvalue weighted by molar-refractivity contribution is 5.86. The summed E-state index contributed by atoms with van der Waals surface area (Å²) in [7, 11) is 0. The highest BCUT2D eigenvalue weighted by Crippen LogP contribution is 2.05. The van der Waals surface area contributed by atoms with Gasteiger partial charge in [-0.1, -0.05) is 47.2 Å². The van der Waals surface area contributed by atoms with E-state index in [-0.39, 0.29) is 12.3 Å². The third-order valence-corrected chi connectivity index (χ3v) is 3.45. The zero-order valence-electron chi connectivity index (χ0n) is 13.0.